The highest BCUT2D eigenvalue weighted by Gasteiger charge is 2.29. The fourth-order valence-corrected chi connectivity index (χ4v) is 4.69. The molecule has 0 amide bonds. The Kier molecular flexibility index (Phi) is 5.79. The van der Waals surface area contributed by atoms with Gasteiger partial charge in [0.25, 0.3) is 0 Å². The predicted octanol–water partition coefficient (Wildman–Crippen LogP) is 2.80. The Hall–Kier alpha value is -2.02. The number of carbonyl (C=O) groups excluding carboxylic acids is 1. The third kappa shape index (κ3) is 4.46. The van der Waals surface area contributed by atoms with Gasteiger partial charge in [0, 0.05) is 31.7 Å². The number of hydrogen-bond donors (Lipinski definition) is 0. The molecule has 0 aliphatic carbocycles. The molecule has 2 aromatic rings. The summed E-state index contributed by atoms with van der Waals surface area (Å²) in [6.07, 6.45) is 0. The Morgan fingerprint density at radius 1 is 0.889 bits per heavy atom. The van der Waals surface area contributed by atoms with Crippen LogP contribution in [0.1, 0.15) is 27.0 Å². The van der Waals surface area contributed by atoms with Crippen LogP contribution in [0.5, 0.6) is 0 Å². The lowest BCUT2D eigenvalue weighted by Crippen LogP contribution is -2.49. The van der Waals surface area contributed by atoms with Crippen molar-refractivity contribution in [3.63, 3.8) is 0 Å². The lowest BCUT2D eigenvalue weighted by molar-refractivity contribution is 0.0901. The largest absolute Gasteiger partial charge is 0.293 e. The lowest BCUT2D eigenvalue weighted by atomic mass is 10.1. The molecular weight excluding hydrogens is 360 g/mol. The number of aryl methyl sites for hydroxylation is 3. The van der Waals surface area contributed by atoms with Crippen molar-refractivity contribution >= 4 is 15.8 Å². The van der Waals surface area contributed by atoms with Crippen LogP contribution in [0.15, 0.2) is 47.4 Å². The number of ketones is 1. The van der Waals surface area contributed by atoms with E-state index in [2.05, 4.69) is 0 Å². The van der Waals surface area contributed by atoms with Gasteiger partial charge in [-0.15, -0.1) is 0 Å². The van der Waals surface area contributed by atoms with Crippen LogP contribution in [0, 0.1) is 20.8 Å². The Morgan fingerprint density at radius 2 is 1.52 bits per heavy atom. The number of piperazine rings is 1. The van der Waals surface area contributed by atoms with Crippen LogP contribution in [-0.4, -0.2) is 56.1 Å². The fourth-order valence-electron chi connectivity index (χ4n) is 3.19. The van der Waals surface area contributed by atoms with Crippen LogP contribution >= 0.6 is 0 Å². The first-order chi connectivity index (χ1) is 12.8. The van der Waals surface area contributed by atoms with Crippen molar-refractivity contribution in [1.29, 1.82) is 0 Å². The Balaban J connectivity index is 1.61. The molecular formula is C21H26N2O3S. The molecule has 1 saturated heterocycles. The van der Waals surface area contributed by atoms with E-state index < -0.39 is 10.0 Å². The van der Waals surface area contributed by atoms with E-state index in [9.17, 15) is 13.2 Å². The molecule has 1 aliphatic rings. The standard InChI is InChI=1S/C21H26N2O3S/c1-16-4-7-19(8-5-16)21(24)15-22-10-12-23(13-11-22)27(25,26)20-9-6-17(2)18(3)14-20/h4-9,14H,10-13,15H2,1-3H3. The zero-order valence-corrected chi connectivity index (χ0v) is 16.9. The molecule has 1 aliphatic heterocycles. The summed E-state index contributed by atoms with van der Waals surface area (Å²) in [5.74, 6) is 0.0699. The van der Waals surface area contributed by atoms with Crippen molar-refractivity contribution in [3.05, 3.63) is 64.7 Å². The second-order valence-corrected chi connectivity index (χ2v) is 9.15. The van der Waals surface area contributed by atoms with Gasteiger partial charge in [0.2, 0.25) is 10.0 Å². The van der Waals surface area contributed by atoms with Gasteiger partial charge < -0.3 is 0 Å². The minimum absolute atomic E-state index is 0.0699. The molecule has 0 N–H and O–H groups in total. The molecule has 5 nitrogen and oxygen atoms in total. The zero-order chi connectivity index (χ0) is 19.6. The summed E-state index contributed by atoms with van der Waals surface area (Å²) in [6, 6.07) is 12.8. The van der Waals surface area contributed by atoms with E-state index in [1.165, 1.54) is 4.31 Å². The third-order valence-corrected chi connectivity index (χ3v) is 7.08. The van der Waals surface area contributed by atoms with Gasteiger partial charge in [-0.3, -0.25) is 9.69 Å². The summed E-state index contributed by atoms with van der Waals surface area (Å²) in [5, 5.41) is 0. The minimum Gasteiger partial charge on any atom is -0.293 e. The summed E-state index contributed by atoms with van der Waals surface area (Å²) in [4.78, 5) is 14.8. The summed E-state index contributed by atoms with van der Waals surface area (Å²) in [5.41, 5.74) is 3.87. The van der Waals surface area contributed by atoms with E-state index in [4.69, 9.17) is 0 Å². The number of rotatable bonds is 5. The molecule has 3 rings (SSSR count). The van der Waals surface area contributed by atoms with Gasteiger partial charge in [0.1, 0.15) is 0 Å². The first kappa shape index (κ1) is 19.7. The molecule has 0 bridgehead atoms. The number of carbonyl (C=O) groups is 1. The van der Waals surface area contributed by atoms with E-state index in [1.807, 2.05) is 56.0 Å². The summed E-state index contributed by atoms with van der Waals surface area (Å²) < 4.78 is 27.3. The van der Waals surface area contributed by atoms with Crippen LogP contribution in [0.2, 0.25) is 0 Å². The normalized spacial score (nSPS) is 16.4. The second-order valence-electron chi connectivity index (χ2n) is 7.22. The lowest BCUT2D eigenvalue weighted by Gasteiger charge is -2.33. The van der Waals surface area contributed by atoms with Gasteiger partial charge in [-0.25, -0.2) is 8.42 Å². The van der Waals surface area contributed by atoms with Gasteiger partial charge >= 0.3 is 0 Å². The molecule has 0 saturated carbocycles. The van der Waals surface area contributed by atoms with Gasteiger partial charge in [-0.2, -0.15) is 4.31 Å². The van der Waals surface area contributed by atoms with Crippen molar-refractivity contribution in [3.8, 4) is 0 Å². The number of nitrogens with zero attached hydrogens (tertiary/aromatic N) is 2. The molecule has 1 fully saturated rings. The number of Topliss-reactive ketones (excluding diaryl/α,β-unsaturated/α-hetero) is 1. The topological polar surface area (TPSA) is 57.7 Å². The van der Waals surface area contributed by atoms with Crippen LogP contribution in [0.25, 0.3) is 0 Å². The quantitative estimate of drug-likeness (QED) is 0.742. The molecule has 2 aromatic carbocycles. The Bertz CT molecular complexity index is 928. The van der Waals surface area contributed by atoms with Crippen LogP contribution in [-0.2, 0) is 10.0 Å². The van der Waals surface area contributed by atoms with Crippen LogP contribution in [0.3, 0.4) is 0 Å². The van der Waals surface area contributed by atoms with Gasteiger partial charge in [-0.05, 0) is 44.0 Å². The van der Waals surface area contributed by atoms with Crippen molar-refractivity contribution in [2.45, 2.75) is 25.7 Å². The van der Waals surface area contributed by atoms with E-state index in [1.54, 1.807) is 12.1 Å². The van der Waals surface area contributed by atoms with E-state index in [0.717, 1.165) is 16.7 Å². The summed E-state index contributed by atoms with van der Waals surface area (Å²) in [6.45, 7) is 8.11. The Morgan fingerprint density at radius 3 is 2.11 bits per heavy atom. The second kappa shape index (κ2) is 7.92. The molecule has 0 radical (unpaired) electrons. The van der Waals surface area contributed by atoms with E-state index in [-0.39, 0.29) is 5.78 Å². The first-order valence-electron chi connectivity index (χ1n) is 9.17. The van der Waals surface area contributed by atoms with Crippen molar-refractivity contribution in [2.75, 3.05) is 32.7 Å². The number of benzene rings is 2. The average molecular weight is 387 g/mol. The van der Waals surface area contributed by atoms with Crippen LogP contribution in [0.4, 0.5) is 0 Å². The monoisotopic (exact) mass is 386 g/mol. The van der Waals surface area contributed by atoms with E-state index in [0.29, 0.717) is 43.2 Å². The minimum atomic E-state index is -3.49. The molecule has 0 unspecified atom stereocenters. The van der Waals surface area contributed by atoms with E-state index >= 15 is 0 Å². The molecule has 0 spiro atoms. The van der Waals surface area contributed by atoms with Gasteiger partial charge in [0.05, 0.1) is 11.4 Å². The van der Waals surface area contributed by atoms with Gasteiger partial charge in [-0.1, -0.05) is 35.9 Å². The van der Waals surface area contributed by atoms with Crippen molar-refractivity contribution < 1.29 is 13.2 Å². The number of hydrogen-bond acceptors (Lipinski definition) is 4. The smallest absolute Gasteiger partial charge is 0.243 e. The average Bonchev–Trinajstić information content (AvgIpc) is 2.65. The Labute approximate surface area is 161 Å². The summed E-state index contributed by atoms with van der Waals surface area (Å²) in [7, 11) is -3.49. The van der Waals surface area contributed by atoms with Crippen molar-refractivity contribution in [2.24, 2.45) is 0 Å². The molecule has 0 aromatic heterocycles. The summed E-state index contributed by atoms with van der Waals surface area (Å²) >= 11 is 0. The van der Waals surface area contributed by atoms with Crippen molar-refractivity contribution in [1.82, 2.24) is 9.21 Å². The van der Waals surface area contributed by atoms with Gasteiger partial charge in [0.15, 0.2) is 5.78 Å². The fraction of sp³-hybridized carbons (Fsp3) is 0.381. The third-order valence-electron chi connectivity index (χ3n) is 5.19. The molecule has 144 valence electrons. The SMILES string of the molecule is Cc1ccc(C(=O)CN2CCN(S(=O)(=O)c3ccc(C)c(C)c3)CC2)cc1. The maximum absolute atomic E-state index is 12.9. The zero-order valence-electron chi connectivity index (χ0n) is 16.1. The first-order valence-corrected chi connectivity index (χ1v) is 10.6. The molecule has 0 atom stereocenters. The molecule has 6 heteroatoms. The maximum Gasteiger partial charge on any atom is 0.243 e. The highest BCUT2D eigenvalue weighted by atomic mass is 32.2. The maximum atomic E-state index is 12.9. The molecule has 1 heterocycles. The van der Waals surface area contributed by atoms with Crippen LogP contribution < -0.4 is 0 Å². The highest BCUT2D eigenvalue weighted by molar-refractivity contribution is 7.89. The molecule has 27 heavy (non-hydrogen) atoms. The highest BCUT2D eigenvalue weighted by Crippen LogP contribution is 2.20. The predicted molar refractivity (Wildman–Crippen MR) is 107 cm³/mol. The number of sulfonamides is 1.